The SMILES string of the molecule is CC(C)C(CNC1CC1)Oc1cccc(N(C)C)c1. The summed E-state index contributed by atoms with van der Waals surface area (Å²) < 4.78 is 6.16. The number of anilines is 1. The summed E-state index contributed by atoms with van der Waals surface area (Å²) in [6.07, 6.45) is 2.88. The molecule has 1 aromatic rings. The Morgan fingerprint density at radius 1 is 1.32 bits per heavy atom. The highest BCUT2D eigenvalue weighted by Gasteiger charge is 2.23. The first-order chi connectivity index (χ1) is 9.06. The van der Waals surface area contributed by atoms with Gasteiger partial charge in [-0.25, -0.2) is 0 Å². The van der Waals surface area contributed by atoms with Gasteiger partial charge in [-0.05, 0) is 30.9 Å². The highest BCUT2D eigenvalue weighted by Crippen LogP contribution is 2.23. The van der Waals surface area contributed by atoms with Gasteiger partial charge >= 0.3 is 0 Å². The lowest BCUT2D eigenvalue weighted by Crippen LogP contribution is -2.36. The van der Waals surface area contributed by atoms with Gasteiger partial charge < -0.3 is 15.0 Å². The molecule has 1 fully saturated rings. The van der Waals surface area contributed by atoms with Gasteiger partial charge in [0, 0.05) is 38.4 Å². The van der Waals surface area contributed by atoms with Crippen molar-refractivity contribution in [1.29, 1.82) is 0 Å². The number of hydrogen-bond donors (Lipinski definition) is 1. The molecule has 0 saturated heterocycles. The Balaban J connectivity index is 1.96. The molecule has 1 aromatic carbocycles. The van der Waals surface area contributed by atoms with Crippen molar-refractivity contribution in [2.45, 2.75) is 38.8 Å². The number of nitrogens with zero attached hydrogens (tertiary/aromatic N) is 1. The molecule has 1 N–H and O–H groups in total. The second kappa shape index (κ2) is 6.29. The Morgan fingerprint density at radius 3 is 2.63 bits per heavy atom. The number of hydrogen-bond acceptors (Lipinski definition) is 3. The molecule has 0 amide bonds. The molecule has 2 rings (SSSR count). The van der Waals surface area contributed by atoms with E-state index in [0.29, 0.717) is 5.92 Å². The molecule has 1 saturated carbocycles. The maximum atomic E-state index is 6.16. The second-order valence-corrected chi connectivity index (χ2v) is 5.97. The van der Waals surface area contributed by atoms with Gasteiger partial charge in [-0.3, -0.25) is 0 Å². The van der Waals surface area contributed by atoms with Gasteiger partial charge in [0.25, 0.3) is 0 Å². The molecule has 19 heavy (non-hydrogen) atoms. The molecule has 0 aliphatic heterocycles. The van der Waals surface area contributed by atoms with Crippen LogP contribution in [0.4, 0.5) is 5.69 Å². The summed E-state index contributed by atoms with van der Waals surface area (Å²) in [6, 6.07) is 9.03. The fourth-order valence-electron chi connectivity index (χ4n) is 1.99. The summed E-state index contributed by atoms with van der Waals surface area (Å²) in [5.41, 5.74) is 1.18. The smallest absolute Gasteiger partial charge is 0.121 e. The first-order valence-electron chi connectivity index (χ1n) is 7.23. The molecular weight excluding hydrogens is 236 g/mol. The summed E-state index contributed by atoms with van der Waals surface area (Å²) in [6.45, 7) is 5.37. The Hall–Kier alpha value is -1.22. The monoisotopic (exact) mass is 262 g/mol. The number of rotatable bonds is 7. The largest absolute Gasteiger partial charge is 0.489 e. The topological polar surface area (TPSA) is 24.5 Å². The molecule has 1 atom stereocenters. The highest BCUT2D eigenvalue weighted by molar-refractivity contribution is 5.49. The van der Waals surface area contributed by atoms with E-state index in [2.05, 4.69) is 42.3 Å². The predicted octanol–water partition coefficient (Wildman–Crippen LogP) is 2.91. The molecule has 0 spiro atoms. The van der Waals surface area contributed by atoms with Crippen LogP contribution < -0.4 is 15.0 Å². The van der Waals surface area contributed by atoms with E-state index < -0.39 is 0 Å². The zero-order valence-electron chi connectivity index (χ0n) is 12.5. The van der Waals surface area contributed by atoms with Crippen LogP contribution in [0.1, 0.15) is 26.7 Å². The van der Waals surface area contributed by atoms with Crippen LogP contribution in [0.5, 0.6) is 5.75 Å². The van der Waals surface area contributed by atoms with Crippen molar-refractivity contribution in [2.75, 3.05) is 25.5 Å². The highest BCUT2D eigenvalue weighted by atomic mass is 16.5. The molecule has 0 aromatic heterocycles. The normalized spacial score (nSPS) is 16.5. The third-order valence-corrected chi connectivity index (χ3v) is 3.55. The van der Waals surface area contributed by atoms with Crippen LogP contribution in [-0.2, 0) is 0 Å². The van der Waals surface area contributed by atoms with E-state index in [-0.39, 0.29) is 6.10 Å². The van der Waals surface area contributed by atoms with E-state index >= 15 is 0 Å². The van der Waals surface area contributed by atoms with Crippen LogP contribution >= 0.6 is 0 Å². The van der Waals surface area contributed by atoms with Gasteiger partial charge in [-0.15, -0.1) is 0 Å². The summed E-state index contributed by atoms with van der Waals surface area (Å²) >= 11 is 0. The molecule has 3 nitrogen and oxygen atoms in total. The minimum atomic E-state index is 0.234. The lowest BCUT2D eigenvalue weighted by atomic mass is 10.1. The van der Waals surface area contributed by atoms with Crippen molar-refractivity contribution in [3.8, 4) is 5.75 Å². The lowest BCUT2D eigenvalue weighted by molar-refractivity contribution is 0.148. The predicted molar refractivity (Wildman–Crippen MR) is 81.0 cm³/mol. The van der Waals surface area contributed by atoms with E-state index in [0.717, 1.165) is 18.3 Å². The summed E-state index contributed by atoms with van der Waals surface area (Å²) in [5.74, 6) is 1.47. The van der Waals surface area contributed by atoms with Crippen LogP contribution in [-0.4, -0.2) is 32.8 Å². The van der Waals surface area contributed by atoms with Crippen LogP contribution in [0.2, 0.25) is 0 Å². The van der Waals surface area contributed by atoms with Crippen molar-refractivity contribution in [3.05, 3.63) is 24.3 Å². The van der Waals surface area contributed by atoms with Crippen LogP contribution in [0.25, 0.3) is 0 Å². The van der Waals surface area contributed by atoms with Crippen molar-refractivity contribution < 1.29 is 4.74 Å². The lowest BCUT2D eigenvalue weighted by Gasteiger charge is -2.24. The molecule has 0 heterocycles. The van der Waals surface area contributed by atoms with Crippen molar-refractivity contribution >= 4 is 5.69 Å². The molecule has 106 valence electrons. The van der Waals surface area contributed by atoms with Crippen molar-refractivity contribution in [3.63, 3.8) is 0 Å². The fourth-order valence-corrected chi connectivity index (χ4v) is 1.99. The Bertz CT molecular complexity index is 399. The van der Waals surface area contributed by atoms with Gasteiger partial charge in [0.2, 0.25) is 0 Å². The standard InChI is InChI=1S/C16H26N2O/c1-12(2)16(11-17-13-8-9-13)19-15-7-5-6-14(10-15)18(3)4/h5-7,10,12-13,16-17H,8-9,11H2,1-4H3. The van der Waals surface area contributed by atoms with Crippen LogP contribution in [0.15, 0.2) is 24.3 Å². The molecule has 3 heteroatoms. The molecule has 0 radical (unpaired) electrons. The second-order valence-electron chi connectivity index (χ2n) is 5.97. The molecular formula is C16H26N2O. The Morgan fingerprint density at radius 2 is 2.05 bits per heavy atom. The first kappa shape index (κ1) is 14.2. The Kier molecular flexibility index (Phi) is 4.70. The fraction of sp³-hybridized carbons (Fsp3) is 0.625. The third kappa shape index (κ3) is 4.43. The number of ether oxygens (including phenoxy) is 1. The van der Waals surface area contributed by atoms with Gasteiger partial charge in [0.05, 0.1) is 0 Å². The van der Waals surface area contributed by atoms with Crippen molar-refractivity contribution in [2.24, 2.45) is 5.92 Å². The molecule has 0 bridgehead atoms. The van der Waals surface area contributed by atoms with Gasteiger partial charge in [0.1, 0.15) is 11.9 Å². The first-order valence-corrected chi connectivity index (χ1v) is 7.23. The van der Waals surface area contributed by atoms with E-state index in [1.807, 2.05) is 20.2 Å². The quantitative estimate of drug-likeness (QED) is 0.817. The summed E-state index contributed by atoms with van der Waals surface area (Å²) in [5, 5.41) is 3.56. The molecule has 1 aliphatic rings. The molecule has 1 unspecified atom stereocenters. The average molecular weight is 262 g/mol. The number of nitrogens with one attached hydrogen (secondary N) is 1. The molecule has 1 aliphatic carbocycles. The van der Waals surface area contributed by atoms with E-state index in [4.69, 9.17) is 4.74 Å². The van der Waals surface area contributed by atoms with Crippen molar-refractivity contribution in [1.82, 2.24) is 5.32 Å². The zero-order valence-corrected chi connectivity index (χ0v) is 12.5. The minimum absolute atomic E-state index is 0.234. The third-order valence-electron chi connectivity index (χ3n) is 3.55. The maximum Gasteiger partial charge on any atom is 0.121 e. The summed E-state index contributed by atoms with van der Waals surface area (Å²) in [4.78, 5) is 2.10. The van der Waals surface area contributed by atoms with Gasteiger partial charge in [-0.1, -0.05) is 19.9 Å². The summed E-state index contributed by atoms with van der Waals surface area (Å²) in [7, 11) is 4.10. The van der Waals surface area contributed by atoms with E-state index in [1.54, 1.807) is 0 Å². The van der Waals surface area contributed by atoms with Gasteiger partial charge in [-0.2, -0.15) is 0 Å². The Labute approximate surface area is 116 Å². The van der Waals surface area contributed by atoms with Gasteiger partial charge in [0.15, 0.2) is 0 Å². The van der Waals surface area contributed by atoms with Crippen LogP contribution in [0.3, 0.4) is 0 Å². The zero-order chi connectivity index (χ0) is 13.8. The number of benzene rings is 1. The van der Waals surface area contributed by atoms with Crippen LogP contribution in [0, 0.1) is 5.92 Å². The minimum Gasteiger partial charge on any atom is -0.489 e. The van der Waals surface area contributed by atoms with E-state index in [1.165, 1.54) is 18.5 Å². The average Bonchev–Trinajstić information content (AvgIpc) is 3.18. The van der Waals surface area contributed by atoms with E-state index in [9.17, 15) is 0 Å². The maximum absolute atomic E-state index is 6.16.